The summed E-state index contributed by atoms with van der Waals surface area (Å²) in [5.41, 5.74) is 2.05. The number of nitrogens with zero attached hydrogens (tertiary/aromatic N) is 1. The van der Waals surface area contributed by atoms with Gasteiger partial charge in [-0.2, -0.15) is 0 Å². The van der Waals surface area contributed by atoms with Gasteiger partial charge in [0.15, 0.2) is 5.78 Å². The predicted octanol–water partition coefficient (Wildman–Crippen LogP) is 2.70. The number of hydrogen-bond acceptors (Lipinski definition) is 5. The molecule has 2 aromatic rings. The van der Waals surface area contributed by atoms with Crippen molar-refractivity contribution in [3.63, 3.8) is 0 Å². The van der Waals surface area contributed by atoms with Gasteiger partial charge in [-0.15, -0.1) is 0 Å². The van der Waals surface area contributed by atoms with Crippen LogP contribution in [0.15, 0.2) is 24.3 Å². The van der Waals surface area contributed by atoms with Crippen molar-refractivity contribution in [3.05, 3.63) is 52.6 Å². The molecule has 2 N–H and O–H groups in total. The molecule has 0 aliphatic rings. The maximum Gasteiger partial charge on any atom is 0.339 e. The number of Topliss-reactive ketones (excluding diaryl/α,β-unsaturated/α-hetero) is 1. The number of likely N-dealkylation sites (N-methyl/N-ethyl adjacent to an activating group) is 1. The van der Waals surface area contributed by atoms with Crippen LogP contribution < -0.4 is 5.32 Å². The third-order valence-electron chi connectivity index (χ3n) is 4.62. The number of methoxy groups -OCH3 is 1. The number of halogens is 1. The molecule has 0 radical (unpaired) electrons. The number of amides is 1. The summed E-state index contributed by atoms with van der Waals surface area (Å²) in [7, 11) is 2.92. The Hall–Kier alpha value is -3.00. The van der Waals surface area contributed by atoms with E-state index in [1.165, 1.54) is 25.3 Å². The standard InChI is InChI=1S/C20H24FN3O4/c1-11-17(20(27)28-5)12(2)22-18(11)19(26)13(3)24(4)10-16(25)23-15-8-6-7-14(21)9-15/h6-9,13,22H,10H2,1-5H3,(H,23,25)/t13-/m1/s1. The van der Waals surface area contributed by atoms with Crippen LogP contribution in [0.1, 0.15) is 39.0 Å². The Kier molecular flexibility index (Phi) is 6.69. The second kappa shape index (κ2) is 8.79. The average Bonchev–Trinajstić information content (AvgIpc) is 2.93. The fraction of sp³-hybridized carbons (Fsp3) is 0.350. The Morgan fingerprint density at radius 2 is 1.96 bits per heavy atom. The van der Waals surface area contributed by atoms with E-state index in [9.17, 15) is 18.8 Å². The lowest BCUT2D eigenvalue weighted by Crippen LogP contribution is -2.41. The molecule has 8 heteroatoms. The predicted molar refractivity (Wildman–Crippen MR) is 103 cm³/mol. The van der Waals surface area contributed by atoms with Gasteiger partial charge < -0.3 is 15.0 Å². The first-order chi connectivity index (χ1) is 13.1. The molecule has 150 valence electrons. The van der Waals surface area contributed by atoms with Gasteiger partial charge in [-0.05, 0) is 51.6 Å². The van der Waals surface area contributed by atoms with Crippen LogP contribution in [0, 0.1) is 19.7 Å². The van der Waals surface area contributed by atoms with Gasteiger partial charge >= 0.3 is 5.97 Å². The molecule has 1 aromatic heterocycles. The molecule has 0 fully saturated rings. The highest BCUT2D eigenvalue weighted by molar-refractivity contribution is 6.04. The summed E-state index contributed by atoms with van der Waals surface area (Å²) in [5, 5.41) is 2.59. The van der Waals surface area contributed by atoms with Crippen LogP contribution in [0.2, 0.25) is 0 Å². The number of esters is 1. The average molecular weight is 389 g/mol. The van der Waals surface area contributed by atoms with E-state index < -0.39 is 17.8 Å². The minimum atomic E-state index is -0.625. The van der Waals surface area contributed by atoms with Gasteiger partial charge in [-0.1, -0.05) is 6.07 Å². The number of H-pyrrole nitrogens is 1. The normalized spacial score (nSPS) is 12.0. The van der Waals surface area contributed by atoms with Crippen LogP contribution >= 0.6 is 0 Å². The SMILES string of the molecule is COC(=O)c1c(C)[nH]c(C(=O)[C@@H](C)N(C)CC(=O)Nc2cccc(F)c2)c1C. The van der Waals surface area contributed by atoms with Crippen LogP contribution in [0.25, 0.3) is 0 Å². The summed E-state index contributed by atoms with van der Waals surface area (Å²) in [5.74, 6) is -1.59. The van der Waals surface area contributed by atoms with Crippen molar-refractivity contribution in [2.75, 3.05) is 26.0 Å². The number of ether oxygens (including phenoxy) is 1. The number of anilines is 1. The number of carbonyl (C=O) groups is 3. The molecule has 0 bridgehead atoms. The molecule has 0 unspecified atom stereocenters. The molecule has 2 rings (SSSR count). The Morgan fingerprint density at radius 1 is 1.29 bits per heavy atom. The molecule has 1 atom stereocenters. The molecular formula is C20H24FN3O4. The number of ketones is 1. The van der Waals surface area contributed by atoms with E-state index >= 15 is 0 Å². The van der Waals surface area contributed by atoms with E-state index in [1.807, 2.05) is 0 Å². The van der Waals surface area contributed by atoms with E-state index in [1.54, 1.807) is 38.8 Å². The van der Waals surface area contributed by atoms with Crippen LogP contribution in [-0.2, 0) is 9.53 Å². The van der Waals surface area contributed by atoms with Crippen LogP contribution in [0.4, 0.5) is 10.1 Å². The molecule has 0 saturated heterocycles. The van der Waals surface area contributed by atoms with Crippen LogP contribution in [-0.4, -0.2) is 54.3 Å². The van der Waals surface area contributed by atoms with Gasteiger partial charge in [0.05, 0.1) is 31.0 Å². The molecular weight excluding hydrogens is 365 g/mol. The highest BCUT2D eigenvalue weighted by Gasteiger charge is 2.27. The summed E-state index contributed by atoms with van der Waals surface area (Å²) in [6.07, 6.45) is 0. The Bertz CT molecular complexity index is 907. The zero-order valence-electron chi connectivity index (χ0n) is 16.6. The van der Waals surface area contributed by atoms with Crippen molar-refractivity contribution in [2.45, 2.75) is 26.8 Å². The Labute approximate surface area is 162 Å². The summed E-state index contributed by atoms with van der Waals surface area (Å²) >= 11 is 0. The Balaban J connectivity index is 2.08. The lowest BCUT2D eigenvalue weighted by atomic mass is 10.0. The van der Waals surface area contributed by atoms with Crippen molar-refractivity contribution < 1.29 is 23.5 Å². The molecule has 0 aliphatic heterocycles. The smallest absolute Gasteiger partial charge is 0.339 e. The first kappa shape index (κ1) is 21.3. The minimum Gasteiger partial charge on any atom is -0.465 e. The van der Waals surface area contributed by atoms with E-state index in [2.05, 4.69) is 10.3 Å². The highest BCUT2D eigenvalue weighted by atomic mass is 19.1. The minimum absolute atomic E-state index is 0.0635. The largest absolute Gasteiger partial charge is 0.465 e. The van der Waals surface area contributed by atoms with Gasteiger partial charge in [-0.25, -0.2) is 9.18 Å². The molecule has 0 aliphatic carbocycles. The molecule has 1 aromatic carbocycles. The lowest BCUT2D eigenvalue weighted by molar-refractivity contribution is -0.117. The highest BCUT2D eigenvalue weighted by Crippen LogP contribution is 2.21. The lowest BCUT2D eigenvalue weighted by Gasteiger charge is -2.23. The number of aryl methyl sites for hydroxylation is 1. The Morgan fingerprint density at radius 3 is 2.57 bits per heavy atom. The zero-order chi connectivity index (χ0) is 21.0. The summed E-state index contributed by atoms with van der Waals surface area (Å²) < 4.78 is 18.0. The van der Waals surface area contributed by atoms with Gasteiger partial charge in [0, 0.05) is 11.4 Å². The van der Waals surface area contributed by atoms with Crippen molar-refractivity contribution in [1.82, 2.24) is 9.88 Å². The fourth-order valence-electron chi connectivity index (χ4n) is 2.94. The maximum absolute atomic E-state index is 13.2. The van der Waals surface area contributed by atoms with Gasteiger partial charge in [-0.3, -0.25) is 14.5 Å². The van der Waals surface area contributed by atoms with Crippen LogP contribution in [0.5, 0.6) is 0 Å². The quantitative estimate of drug-likeness (QED) is 0.561. The topological polar surface area (TPSA) is 91.5 Å². The van der Waals surface area contributed by atoms with E-state index in [0.29, 0.717) is 28.2 Å². The fourth-order valence-corrected chi connectivity index (χ4v) is 2.94. The molecule has 1 heterocycles. The second-order valence-electron chi connectivity index (χ2n) is 6.63. The molecule has 0 spiro atoms. The van der Waals surface area contributed by atoms with Crippen molar-refractivity contribution in [1.29, 1.82) is 0 Å². The van der Waals surface area contributed by atoms with Gasteiger partial charge in [0.25, 0.3) is 0 Å². The third kappa shape index (κ3) is 4.64. The number of rotatable bonds is 7. The zero-order valence-corrected chi connectivity index (χ0v) is 16.6. The number of carbonyl (C=O) groups excluding carboxylic acids is 3. The summed E-state index contributed by atoms with van der Waals surface area (Å²) in [4.78, 5) is 41.5. The van der Waals surface area contributed by atoms with E-state index in [4.69, 9.17) is 4.74 Å². The van der Waals surface area contributed by atoms with Crippen LogP contribution in [0.3, 0.4) is 0 Å². The van der Waals surface area contributed by atoms with Crippen molar-refractivity contribution >= 4 is 23.3 Å². The number of aromatic nitrogens is 1. The number of hydrogen-bond donors (Lipinski definition) is 2. The van der Waals surface area contributed by atoms with Crippen molar-refractivity contribution in [2.24, 2.45) is 0 Å². The van der Waals surface area contributed by atoms with Crippen molar-refractivity contribution in [3.8, 4) is 0 Å². The third-order valence-corrected chi connectivity index (χ3v) is 4.62. The second-order valence-corrected chi connectivity index (χ2v) is 6.63. The molecule has 0 saturated carbocycles. The number of nitrogens with one attached hydrogen (secondary N) is 2. The molecule has 1 amide bonds. The summed E-state index contributed by atoms with van der Waals surface area (Å²) in [6.45, 7) is 4.97. The van der Waals surface area contributed by atoms with E-state index in [0.717, 1.165) is 0 Å². The molecule has 7 nitrogen and oxygen atoms in total. The number of aromatic amines is 1. The maximum atomic E-state index is 13.2. The first-order valence-electron chi connectivity index (χ1n) is 8.73. The number of benzene rings is 1. The summed E-state index contributed by atoms with van der Waals surface area (Å²) in [6, 6.07) is 4.95. The van der Waals surface area contributed by atoms with E-state index in [-0.39, 0.29) is 18.2 Å². The van der Waals surface area contributed by atoms with Gasteiger partial charge in [0.2, 0.25) is 5.91 Å². The molecule has 28 heavy (non-hydrogen) atoms. The monoisotopic (exact) mass is 389 g/mol. The first-order valence-corrected chi connectivity index (χ1v) is 8.73. The van der Waals surface area contributed by atoms with Gasteiger partial charge in [0.1, 0.15) is 5.82 Å².